The lowest BCUT2D eigenvalue weighted by Crippen LogP contribution is -2.24. The third kappa shape index (κ3) is 10.2. The molecule has 1 aliphatic heterocycles. The summed E-state index contributed by atoms with van der Waals surface area (Å²) in [7, 11) is 6.90. The molecule has 0 atom stereocenters. The lowest BCUT2D eigenvalue weighted by Gasteiger charge is -2.02. The molecule has 1 aromatic heterocycles. The maximum absolute atomic E-state index is 11.1. The summed E-state index contributed by atoms with van der Waals surface area (Å²) in [5, 5.41) is 16.9. The molecule has 0 aliphatic carbocycles. The molecular weight excluding hydrogens is 388 g/mol. The Morgan fingerprint density at radius 2 is 1.66 bits per heavy atom. The molecule has 0 bridgehead atoms. The van der Waals surface area contributed by atoms with Gasteiger partial charge in [-0.05, 0) is 6.07 Å². The van der Waals surface area contributed by atoms with E-state index in [-0.39, 0.29) is 24.1 Å². The molecule has 13 nitrogen and oxygen atoms in total. The van der Waals surface area contributed by atoms with Gasteiger partial charge in [-0.25, -0.2) is 9.80 Å². The van der Waals surface area contributed by atoms with Crippen molar-refractivity contribution in [3.8, 4) is 0 Å². The van der Waals surface area contributed by atoms with E-state index in [2.05, 4.69) is 5.10 Å². The molecule has 160 valence electrons. The smallest absolute Gasteiger partial charge is 0.400 e. The van der Waals surface area contributed by atoms with E-state index >= 15 is 0 Å². The first-order chi connectivity index (χ1) is 13.3. The first-order valence-electron chi connectivity index (χ1n) is 8.10. The van der Waals surface area contributed by atoms with Crippen LogP contribution in [0.5, 0.6) is 0 Å². The van der Waals surface area contributed by atoms with E-state index in [0.717, 1.165) is 17.3 Å². The van der Waals surface area contributed by atoms with Crippen molar-refractivity contribution in [1.29, 1.82) is 0 Å². The highest BCUT2D eigenvalue weighted by Crippen LogP contribution is 2.14. The highest BCUT2D eigenvalue weighted by Gasteiger charge is 2.26. The van der Waals surface area contributed by atoms with E-state index in [4.69, 9.17) is 4.42 Å². The van der Waals surface area contributed by atoms with E-state index in [0.29, 0.717) is 0 Å². The SMILES string of the molecule is CC(=O)N(C)C.CC(=O)N(C)C.O=C1CN(/N=C/c2ccc([N+](=O)[O-])o2)C(=O)N1. The number of carbonyl (C=O) groups is 4. The summed E-state index contributed by atoms with van der Waals surface area (Å²) in [6.45, 7) is 2.87. The second-order valence-electron chi connectivity index (χ2n) is 5.92. The normalized spacial score (nSPS) is 12.4. The first kappa shape index (κ1) is 25.2. The highest BCUT2D eigenvalue weighted by atomic mass is 16.6. The van der Waals surface area contributed by atoms with Crippen LogP contribution in [-0.4, -0.2) is 84.4 Å². The van der Waals surface area contributed by atoms with Crippen molar-refractivity contribution in [2.45, 2.75) is 13.8 Å². The van der Waals surface area contributed by atoms with Gasteiger partial charge in [0.05, 0.1) is 12.3 Å². The average Bonchev–Trinajstić information content (AvgIpc) is 3.20. The van der Waals surface area contributed by atoms with E-state index in [1.807, 2.05) is 5.32 Å². The molecule has 1 aromatic rings. The van der Waals surface area contributed by atoms with Gasteiger partial charge in [-0.1, -0.05) is 0 Å². The molecule has 0 spiro atoms. The molecule has 13 heteroatoms. The molecule has 1 N–H and O–H groups in total. The average molecular weight is 412 g/mol. The number of hydrazone groups is 1. The number of rotatable bonds is 3. The topological polar surface area (TPSA) is 159 Å². The molecule has 29 heavy (non-hydrogen) atoms. The Morgan fingerprint density at radius 1 is 1.17 bits per heavy atom. The van der Waals surface area contributed by atoms with Crippen molar-refractivity contribution in [1.82, 2.24) is 20.1 Å². The van der Waals surface area contributed by atoms with Crippen LogP contribution in [0.4, 0.5) is 10.7 Å². The van der Waals surface area contributed by atoms with Gasteiger partial charge in [0, 0.05) is 42.0 Å². The summed E-state index contributed by atoms with van der Waals surface area (Å²) in [5.41, 5.74) is 0. The van der Waals surface area contributed by atoms with Crippen LogP contribution in [0, 0.1) is 10.1 Å². The number of hydrogen-bond acceptors (Lipinski definition) is 8. The molecule has 2 rings (SSSR count). The third-order valence-electron chi connectivity index (χ3n) is 3.15. The fourth-order valence-electron chi connectivity index (χ4n) is 1.16. The molecule has 2 heterocycles. The zero-order valence-electron chi connectivity index (χ0n) is 17.0. The van der Waals surface area contributed by atoms with Crippen LogP contribution in [0.1, 0.15) is 19.6 Å². The summed E-state index contributed by atoms with van der Waals surface area (Å²) in [5.74, 6) is -0.583. The van der Waals surface area contributed by atoms with E-state index < -0.39 is 22.7 Å². The molecule has 0 aromatic carbocycles. The minimum Gasteiger partial charge on any atom is -0.400 e. The quantitative estimate of drug-likeness (QED) is 0.323. The molecule has 1 fully saturated rings. The number of furan rings is 1. The molecule has 1 aliphatic rings. The Morgan fingerprint density at radius 3 is 1.97 bits per heavy atom. The van der Waals surface area contributed by atoms with Crippen molar-refractivity contribution >= 4 is 35.9 Å². The van der Waals surface area contributed by atoms with Crippen molar-refractivity contribution in [3.05, 3.63) is 28.0 Å². The number of imide groups is 1. The maximum atomic E-state index is 11.1. The van der Waals surface area contributed by atoms with Crippen LogP contribution in [0.15, 0.2) is 21.7 Å². The van der Waals surface area contributed by atoms with Gasteiger partial charge in [-0.15, -0.1) is 0 Å². The molecular formula is C16H24N6O7. The van der Waals surface area contributed by atoms with E-state index in [1.165, 1.54) is 29.7 Å². The largest absolute Gasteiger partial charge is 0.433 e. The van der Waals surface area contributed by atoms with Gasteiger partial charge in [0.15, 0.2) is 5.76 Å². The minimum atomic E-state index is -0.691. The highest BCUT2D eigenvalue weighted by molar-refractivity contribution is 6.02. The van der Waals surface area contributed by atoms with Gasteiger partial charge < -0.3 is 14.2 Å². The second kappa shape index (κ2) is 11.8. The Balaban J connectivity index is 0.000000542. The van der Waals surface area contributed by atoms with Crippen LogP contribution in [0.25, 0.3) is 0 Å². The summed E-state index contributed by atoms with van der Waals surface area (Å²) < 4.78 is 4.78. The van der Waals surface area contributed by atoms with Gasteiger partial charge in [0.25, 0.3) is 0 Å². The van der Waals surface area contributed by atoms with Crippen molar-refractivity contribution in [3.63, 3.8) is 0 Å². The van der Waals surface area contributed by atoms with E-state index in [9.17, 15) is 29.3 Å². The monoisotopic (exact) mass is 412 g/mol. The molecule has 0 saturated carbocycles. The zero-order valence-corrected chi connectivity index (χ0v) is 17.0. The van der Waals surface area contributed by atoms with Crippen LogP contribution in [-0.2, 0) is 14.4 Å². The summed E-state index contributed by atoms with van der Waals surface area (Å²) >= 11 is 0. The molecule has 5 amide bonds. The zero-order chi connectivity index (χ0) is 22.7. The number of urea groups is 1. The van der Waals surface area contributed by atoms with Gasteiger partial charge >= 0.3 is 11.9 Å². The minimum absolute atomic E-state index is 0.0926. The number of nitrogens with zero attached hydrogens (tertiary/aromatic N) is 5. The predicted molar refractivity (Wildman–Crippen MR) is 102 cm³/mol. The van der Waals surface area contributed by atoms with Crippen molar-refractivity contribution < 1.29 is 28.5 Å². The van der Waals surface area contributed by atoms with E-state index in [1.54, 1.807) is 28.2 Å². The first-order valence-corrected chi connectivity index (χ1v) is 8.10. The van der Waals surface area contributed by atoms with Crippen LogP contribution < -0.4 is 5.32 Å². The predicted octanol–water partition coefficient (Wildman–Crippen LogP) is 0.263. The number of carbonyl (C=O) groups excluding carboxylic acids is 4. The summed E-state index contributed by atoms with van der Waals surface area (Å²) in [4.78, 5) is 54.7. The maximum Gasteiger partial charge on any atom is 0.433 e. The van der Waals surface area contributed by atoms with Gasteiger partial charge in [-0.3, -0.25) is 29.8 Å². The standard InChI is InChI=1S/C8H6N4O5.2C4H9NO/c13-6-4-11(8(14)10-6)9-3-5-1-2-7(17-5)12(15)16;2*1-4(6)5(2)3/h1-3H,4H2,(H,10,13,14);2*1-3H3/b9-3+;;. The number of nitrogens with one attached hydrogen (secondary N) is 1. The Hall–Kier alpha value is -3.77. The fraction of sp³-hybridized carbons (Fsp3) is 0.438. The van der Waals surface area contributed by atoms with Crippen LogP contribution in [0.3, 0.4) is 0 Å². The number of amides is 5. The summed E-state index contributed by atoms with van der Waals surface area (Å²) in [6, 6.07) is 1.85. The van der Waals surface area contributed by atoms with Crippen LogP contribution >= 0.6 is 0 Å². The van der Waals surface area contributed by atoms with Gasteiger partial charge in [0.2, 0.25) is 17.7 Å². The van der Waals surface area contributed by atoms with Gasteiger partial charge in [0.1, 0.15) is 11.5 Å². The lowest BCUT2D eigenvalue weighted by molar-refractivity contribution is -0.402. The molecule has 1 saturated heterocycles. The fourth-order valence-corrected chi connectivity index (χ4v) is 1.16. The van der Waals surface area contributed by atoms with Crippen molar-refractivity contribution in [2.24, 2.45) is 5.10 Å². The van der Waals surface area contributed by atoms with Gasteiger partial charge in [-0.2, -0.15) is 5.10 Å². The Kier molecular flexibility index (Phi) is 10.3. The summed E-state index contributed by atoms with van der Waals surface area (Å²) in [6.07, 6.45) is 1.12. The number of nitro groups is 1. The Labute approximate surface area is 167 Å². The van der Waals surface area contributed by atoms with Crippen LogP contribution in [0.2, 0.25) is 0 Å². The third-order valence-corrected chi connectivity index (χ3v) is 3.15. The Bertz CT molecular complexity index is 766. The molecule has 0 radical (unpaired) electrons. The lowest BCUT2D eigenvalue weighted by atomic mass is 10.5. The second-order valence-corrected chi connectivity index (χ2v) is 5.92. The number of hydrogen-bond donors (Lipinski definition) is 1. The van der Waals surface area contributed by atoms with Crippen molar-refractivity contribution in [2.75, 3.05) is 34.7 Å². The molecule has 0 unspecified atom stereocenters.